The summed E-state index contributed by atoms with van der Waals surface area (Å²) in [5.41, 5.74) is 4.73. The number of hydrogen-bond donors (Lipinski definition) is 1. The molecule has 1 aromatic carbocycles. The molecule has 0 heterocycles. The van der Waals surface area contributed by atoms with Gasteiger partial charge in [-0.2, -0.15) is 5.10 Å². The van der Waals surface area contributed by atoms with Crippen molar-refractivity contribution in [2.24, 2.45) is 5.10 Å². The minimum Gasteiger partial charge on any atom is -0.484 e. The third kappa shape index (κ3) is 7.25. The summed E-state index contributed by atoms with van der Waals surface area (Å²) >= 11 is 0. The summed E-state index contributed by atoms with van der Waals surface area (Å²) in [6.07, 6.45) is 4.41. The van der Waals surface area contributed by atoms with E-state index in [1.807, 2.05) is 31.2 Å². The summed E-state index contributed by atoms with van der Waals surface area (Å²) in [4.78, 5) is 11.7. The van der Waals surface area contributed by atoms with E-state index in [1.165, 1.54) is 18.4 Å². The number of carbonyl (C=O) groups is 1. The van der Waals surface area contributed by atoms with Crippen molar-refractivity contribution in [1.82, 2.24) is 5.43 Å². The Morgan fingerprint density at radius 2 is 1.91 bits per heavy atom. The molecule has 22 heavy (non-hydrogen) atoms. The molecule has 1 N–H and O–H groups in total. The SMILES string of the molecule is CCCCC/C(C)=N/NC(=O)COc1ccc(C(C)C)cc1. The Bertz CT molecular complexity index is 478. The molecule has 0 radical (unpaired) electrons. The van der Waals surface area contributed by atoms with Gasteiger partial charge in [0.15, 0.2) is 6.61 Å². The normalized spacial score (nSPS) is 11.6. The van der Waals surface area contributed by atoms with Gasteiger partial charge in [-0.15, -0.1) is 0 Å². The molecule has 0 saturated heterocycles. The van der Waals surface area contributed by atoms with Crippen LogP contribution >= 0.6 is 0 Å². The van der Waals surface area contributed by atoms with Gasteiger partial charge in [-0.25, -0.2) is 5.43 Å². The van der Waals surface area contributed by atoms with Gasteiger partial charge in [0.1, 0.15) is 5.75 Å². The van der Waals surface area contributed by atoms with Crippen molar-refractivity contribution in [2.45, 2.75) is 59.3 Å². The highest BCUT2D eigenvalue weighted by Crippen LogP contribution is 2.18. The molecule has 1 aromatic rings. The van der Waals surface area contributed by atoms with E-state index in [1.54, 1.807) is 0 Å². The molecule has 0 unspecified atom stereocenters. The second-order valence-corrected chi connectivity index (χ2v) is 5.85. The van der Waals surface area contributed by atoms with Crippen LogP contribution in [0.2, 0.25) is 0 Å². The van der Waals surface area contributed by atoms with Crippen molar-refractivity contribution < 1.29 is 9.53 Å². The monoisotopic (exact) mass is 304 g/mol. The Hall–Kier alpha value is -1.84. The lowest BCUT2D eigenvalue weighted by molar-refractivity contribution is -0.123. The lowest BCUT2D eigenvalue weighted by Crippen LogP contribution is -2.25. The number of benzene rings is 1. The van der Waals surface area contributed by atoms with Gasteiger partial charge < -0.3 is 4.74 Å². The van der Waals surface area contributed by atoms with Gasteiger partial charge >= 0.3 is 0 Å². The minimum absolute atomic E-state index is 0.0211. The number of hydrazone groups is 1. The second kappa shape index (κ2) is 9.98. The van der Waals surface area contributed by atoms with Crippen LogP contribution in [0.3, 0.4) is 0 Å². The van der Waals surface area contributed by atoms with Gasteiger partial charge in [-0.1, -0.05) is 45.7 Å². The molecule has 4 heteroatoms. The molecule has 0 aliphatic heterocycles. The van der Waals surface area contributed by atoms with Gasteiger partial charge in [-0.05, 0) is 43.4 Å². The first-order valence-corrected chi connectivity index (χ1v) is 8.07. The highest BCUT2D eigenvalue weighted by molar-refractivity contribution is 5.84. The molecule has 0 aliphatic rings. The molecule has 0 bridgehead atoms. The Labute approximate surface area is 134 Å². The third-order valence-electron chi connectivity index (χ3n) is 3.43. The van der Waals surface area contributed by atoms with Crippen molar-refractivity contribution in [3.8, 4) is 5.75 Å². The number of unbranched alkanes of at least 4 members (excludes halogenated alkanes) is 2. The van der Waals surface area contributed by atoms with E-state index in [9.17, 15) is 4.79 Å². The fraction of sp³-hybridized carbons (Fsp3) is 0.556. The molecule has 0 atom stereocenters. The van der Waals surface area contributed by atoms with Crippen LogP contribution in [0.4, 0.5) is 0 Å². The van der Waals surface area contributed by atoms with E-state index in [2.05, 4.69) is 31.3 Å². The van der Waals surface area contributed by atoms with E-state index in [4.69, 9.17) is 4.74 Å². The van der Waals surface area contributed by atoms with E-state index in [0.717, 1.165) is 18.6 Å². The zero-order valence-corrected chi connectivity index (χ0v) is 14.2. The molecule has 122 valence electrons. The number of nitrogens with zero attached hydrogens (tertiary/aromatic N) is 1. The highest BCUT2D eigenvalue weighted by Gasteiger charge is 2.03. The Balaban J connectivity index is 2.32. The number of carbonyl (C=O) groups excluding carboxylic acids is 1. The predicted octanol–water partition coefficient (Wildman–Crippen LogP) is 4.26. The number of hydrogen-bond acceptors (Lipinski definition) is 3. The molecule has 0 aliphatic carbocycles. The van der Waals surface area contributed by atoms with Crippen molar-refractivity contribution in [3.63, 3.8) is 0 Å². The lowest BCUT2D eigenvalue weighted by Gasteiger charge is -2.08. The summed E-state index contributed by atoms with van der Waals surface area (Å²) in [7, 11) is 0. The van der Waals surface area contributed by atoms with Crippen molar-refractivity contribution in [3.05, 3.63) is 29.8 Å². The smallest absolute Gasteiger partial charge is 0.277 e. The molecule has 1 amide bonds. The number of amides is 1. The zero-order valence-electron chi connectivity index (χ0n) is 14.2. The highest BCUT2D eigenvalue weighted by atomic mass is 16.5. The molecule has 1 rings (SSSR count). The van der Waals surface area contributed by atoms with E-state index < -0.39 is 0 Å². The predicted molar refractivity (Wildman–Crippen MR) is 91.4 cm³/mol. The first kappa shape index (κ1) is 18.2. The summed E-state index contributed by atoms with van der Waals surface area (Å²) in [5, 5.41) is 4.08. The van der Waals surface area contributed by atoms with Crippen LogP contribution < -0.4 is 10.2 Å². The fourth-order valence-corrected chi connectivity index (χ4v) is 1.97. The maximum absolute atomic E-state index is 11.7. The number of ether oxygens (including phenoxy) is 1. The van der Waals surface area contributed by atoms with E-state index >= 15 is 0 Å². The van der Waals surface area contributed by atoms with Crippen LogP contribution in [0.25, 0.3) is 0 Å². The summed E-state index contributed by atoms with van der Waals surface area (Å²) in [5.74, 6) is 0.952. The largest absolute Gasteiger partial charge is 0.484 e. The maximum Gasteiger partial charge on any atom is 0.277 e. The topological polar surface area (TPSA) is 50.7 Å². The first-order chi connectivity index (χ1) is 10.5. The summed E-state index contributed by atoms with van der Waals surface area (Å²) < 4.78 is 5.45. The fourth-order valence-electron chi connectivity index (χ4n) is 1.97. The van der Waals surface area contributed by atoms with Crippen LogP contribution in [0.15, 0.2) is 29.4 Å². The maximum atomic E-state index is 11.7. The van der Waals surface area contributed by atoms with Gasteiger partial charge in [0, 0.05) is 5.71 Å². The zero-order chi connectivity index (χ0) is 16.4. The molecule has 4 nitrogen and oxygen atoms in total. The molecular weight excluding hydrogens is 276 g/mol. The van der Waals surface area contributed by atoms with Gasteiger partial charge in [0.25, 0.3) is 5.91 Å². The van der Waals surface area contributed by atoms with Crippen molar-refractivity contribution >= 4 is 11.6 Å². The van der Waals surface area contributed by atoms with E-state index in [0.29, 0.717) is 11.7 Å². The van der Waals surface area contributed by atoms with Crippen molar-refractivity contribution in [1.29, 1.82) is 0 Å². The third-order valence-corrected chi connectivity index (χ3v) is 3.43. The molecule has 0 saturated carbocycles. The number of nitrogens with one attached hydrogen (secondary N) is 1. The average molecular weight is 304 g/mol. The Morgan fingerprint density at radius 1 is 1.23 bits per heavy atom. The van der Waals surface area contributed by atoms with Crippen molar-refractivity contribution in [2.75, 3.05) is 6.61 Å². The van der Waals surface area contributed by atoms with Crippen LogP contribution in [-0.2, 0) is 4.79 Å². The second-order valence-electron chi connectivity index (χ2n) is 5.85. The molecule has 0 spiro atoms. The quantitative estimate of drug-likeness (QED) is 0.421. The summed E-state index contributed by atoms with van der Waals surface area (Å²) in [6.45, 7) is 8.36. The molecule has 0 aromatic heterocycles. The Morgan fingerprint density at radius 3 is 2.50 bits per heavy atom. The van der Waals surface area contributed by atoms with Gasteiger partial charge in [0.2, 0.25) is 0 Å². The average Bonchev–Trinajstić information content (AvgIpc) is 2.51. The van der Waals surface area contributed by atoms with E-state index in [-0.39, 0.29) is 12.5 Å². The Kier molecular flexibility index (Phi) is 8.26. The molecular formula is C18H28N2O2. The van der Waals surface area contributed by atoms with Crippen LogP contribution in [0.5, 0.6) is 5.75 Å². The minimum atomic E-state index is -0.234. The van der Waals surface area contributed by atoms with Crippen LogP contribution in [0.1, 0.15) is 64.9 Å². The lowest BCUT2D eigenvalue weighted by atomic mass is 10.0. The summed E-state index contributed by atoms with van der Waals surface area (Å²) in [6, 6.07) is 7.83. The van der Waals surface area contributed by atoms with Gasteiger partial charge in [-0.3, -0.25) is 4.79 Å². The first-order valence-electron chi connectivity index (χ1n) is 8.07. The van der Waals surface area contributed by atoms with Crippen LogP contribution in [0, 0.1) is 0 Å². The van der Waals surface area contributed by atoms with Crippen LogP contribution in [-0.4, -0.2) is 18.2 Å². The molecule has 0 fully saturated rings. The standard InChI is InChI=1S/C18H28N2O2/c1-5-6-7-8-15(4)19-20-18(21)13-22-17-11-9-16(10-12-17)14(2)3/h9-12,14H,5-8,13H2,1-4H3,(H,20,21)/b19-15+. The number of rotatable bonds is 9. The van der Waals surface area contributed by atoms with Gasteiger partial charge in [0.05, 0.1) is 0 Å².